The lowest BCUT2D eigenvalue weighted by Crippen LogP contribution is -2.10. The molecule has 3 heteroatoms. The number of ether oxygens (including phenoxy) is 1. The van der Waals surface area contributed by atoms with Crippen LogP contribution < -0.4 is 4.74 Å². The summed E-state index contributed by atoms with van der Waals surface area (Å²) in [6.45, 7) is 4.59. The first-order valence-corrected chi connectivity index (χ1v) is 5.70. The predicted molar refractivity (Wildman–Crippen MR) is 59.6 cm³/mol. The number of halogens is 2. The smallest absolute Gasteiger partial charge is 0.126 e. The summed E-state index contributed by atoms with van der Waals surface area (Å²) in [5, 5.41) is 0.890. The van der Waals surface area contributed by atoms with Crippen molar-refractivity contribution in [2.24, 2.45) is 5.92 Å². The van der Waals surface area contributed by atoms with Crippen molar-refractivity contribution >= 4 is 15.9 Å². The molecule has 0 heterocycles. The van der Waals surface area contributed by atoms with Crippen LogP contribution in [0.15, 0.2) is 18.2 Å². The molecule has 0 saturated heterocycles. The monoisotopic (exact) mass is 260 g/mol. The third kappa shape index (κ3) is 3.29. The van der Waals surface area contributed by atoms with Gasteiger partial charge in [0.1, 0.15) is 11.6 Å². The van der Waals surface area contributed by atoms with Crippen molar-refractivity contribution in [3.8, 4) is 5.75 Å². The van der Waals surface area contributed by atoms with Gasteiger partial charge < -0.3 is 4.74 Å². The minimum atomic E-state index is -0.253. The first-order chi connectivity index (χ1) is 6.63. The lowest BCUT2D eigenvalue weighted by molar-refractivity contribution is 0.271. The molecule has 78 valence electrons. The first-order valence-electron chi connectivity index (χ1n) is 4.58. The van der Waals surface area contributed by atoms with Gasteiger partial charge in [-0.3, -0.25) is 0 Å². The van der Waals surface area contributed by atoms with Crippen molar-refractivity contribution in [2.45, 2.75) is 13.8 Å². The van der Waals surface area contributed by atoms with E-state index in [9.17, 15) is 4.39 Å². The molecule has 0 radical (unpaired) electrons. The van der Waals surface area contributed by atoms with Gasteiger partial charge in [0.15, 0.2) is 0 Å². The summed E-state index contributed by atoms with van der Waals surface area (Å²) in [6.07, 6.45) is 0. The van der Waals surface area contributed by atoms with Crippen molar-refractivity contribution in [2.75, 3.05) is 11.9 Å². The Kier molecular flexibility index (Phi) is 4.39. The Hall–Kier alpha value is -0.570. The molecule has 14 heavy (non-hydrogen) atoms. The minimum absolute atomic E-state index is 0.253. The van der Waals surface area contributed by atoms with E-state index in [0.717, 1.165) is 10.9 Å². The minimum Gasteiger partial charge on any atom is -0.493 e. The molecule has 1 rings (SSSR count). The van der Waals surface area contributed by atoms with Gasteiger partial charge in [-0.05, 0) is 24.5 Å². The van der Waals surface area contributed by atoms with Crippen LogP contribution in [0.3, 0.4) is 0 Å². The number of aryl methyl sites for hydroxylation is 1. The molecule has 0 N–H and O–H groups in total. The van der Waals surface area contributed by atoms with Crippen molar-refractivity contribution in [3.05, 3.63) is 29.6 Å². The fourth-order valence-electron chi connectivity index (χ4n) is 1.01. The highest BCUT2D eigenvalue weighted by Gasteiger charge is 2.04. The molecule has 0 bridgehead atoms. The molecule has 0 aliphatic rings. The summed E-state index contributed by atoms with van der Waals surface area (Å²) in [5.41, 5.74) is 0.966. The van der Waals surface area contributed by atoms with E-state index in [1.54, 1.807) is 6.07 Å². The maximum atomic E-state index is 12.9. The summed E-state index contributed by atoms with van der Waals surface area (Å²) in [7, 11) is 0. The number of hydrogen-bond donors (Lipinski definition) is 0. The molecule has 0 spiro atoms. The van der Waals surface area contributed by atoms with E-state index < -0.39 is 0 Å². The quantitative estimate of drug-likeness (QED) is 0.753. The molecule has 1 atom stereocenters. The van der Waals surface area contributed by atoms with Crippen LogP contribution >= 0.6 is 15.9 Å². The molecule has 0 aromatic heterocycles. The Labute approximate surface area is 92.4 Å². The Morgan fingerprint density at radius 1 is 1.50 bits per heavy atom. The number of benzene rings is 1. The van der Waals surface area contributed by atoms with E-state index in [2.05, 4.69) is 22.9 Å². The zero-order valence-corrected chi connectivity index (χ0v) is 9.97. The van der Waals surface area contributed by atoms with Gasteiger partial charge in [-0.1, -0.05) is 28.9 Å². The van der Waals surface area contributed by atoms with Gasteiger partial charge in [0.05, 0.1) is 6.61 Å². The highest BCUT2D eigenvalue weighted by Crippen LogP contribution is 2.19. The van der Waals surface area contributed by atoms with Crippen molar-refractivity contribution in [3.63, 3.8) is 0 Å². The zero-order valence-electron chi connectivity index (χ0n) is 8.39. The van der Waals surface area contributed by atoms with Gasteiger partial charge in [-0.15, -0.1) is 0 Å². The van der Waals surface area contributed by atoms with Crippen LogP contribution in [0.4, 0.5) is 4.39 Å². The number of rotatable bonds is 4. The average Bonchev–Trinajstić information content (AvgIpc) is 2.19. The molecule has 1 aromatic carbocycles. The molecule has 1 unspecified atom stereocenters. The van der Waals surface area contributed by atoms with Gasteiger partial charge in [-0.2, -0.15) is 0 Å². The second kappa shape index (κ2) is 5.35. The molecule has 0 aliphatic carbocycles. The van der Waals surface area contributed by atoms with E-state index >= 15 is 0 Å². The van der Waals surface area contributed by atoms with Crippen molar-refractivity contribution in [1.82, 2.24) is 0 Å². The van der Waals surface area contributed by atoms with Crippen molar-refractivity contribution < 1.29 is 9.13 Å². The maximum absolute atomic E-state index is 12.9. The largest absolute Gasteiger partial charge is 0.493 e. The van der Waals surface area contributed by atoms with E-state index in [1.807, 2.05) is 6.92 Å². The van der Waals surface area contributed by atoms with E-state index in [4.69, 9.17) is 4.74 Å². The van der Waals surface area contributed by atoms with Crippen LogP contribution in [0.1, 0.15) is 12.5 Å². The average molecular weight is 261 g/mol. The fraction of sp³-hybridized carbons (Fsp3) is 0.455. The SMILES string of the molecule is Cc1ccc(F)cc1OCC(C)CBr. The molecule has 0 fully saturated rings. The molecule has 0 aliphatic heterocycles. The number of hydrogen-bond acceptors (Lipinski definition) is 1. The summed E-state index contributed by atoms with van der Waals surface area (Å²) in [5.74, 6) is 0.813. The predicted octanol–water partition coefficient (Wildman–Crippen LogP) is 3.54. The molecule has 0 saturated carbocycles. The Morgan fingerprint density at radius 3 is 2.86 bits per heavy atom. The van der Waals surface area contributed by atoms with Gasteiger partial charge >= 0.3 is 0 Å². The van der Waals surface area contributed by atoms with Crippen LogP contribution in [-0.4, -0.2) is 11.9 Å². The Morgan fingerprint density at radius 2 is 2.21 bits per heavy atom. The Balaban J connectivity index is 2.62. The molecule has 0 amide bonds. The van der Waals surface area contributed by atoms with Gasteiger partial charge in [0, 0.05) is 11.4 Å². The van der Waals surface area contributed by atoms with Crippen LogP contribution in [0.2, 0.25) is 0 Å². The van der Waals surface area contributed by atoms with E-state index in [0.29, 0.717) is 18.3 Å². The third-order valence-corrected chi connectivity index (χ3v) is 3.04. The Bertz CT molecular complexity index is 301. The second-order valence-electron chi connectivity index (χ2n) is 3.48. The standard InChI is InChI=1S/C11H14BrFO/c1-8(6-12)7-14-11-5-10(13)4-3-9(11)2/h3-5,8H,6-7H2,1-2H3. The molecular formula is C11H14BrFO. The van der Waals surface area contributed by atoms with Crippen LogP contribution in [-0.2, 0) is 0 Å². The lowest BCUT2D eigenvalue weighted by Gasteiger charge is -2.12. The molecular weight excluding hydrogens is 247 g/mol. The topological polar surface area (TPSA) is 9.23 Å². The molecule has 1 nitrogen and oxygen atoms in total. The second-order valence-corrected chi connectivity index (χ2v) is 4.13. The summed E-state index contributed by atoms with van der Waals surface area (Å²) >= 11 is 3.37. The summed E-state index contributed by atoms with van der Waals surface area (Å²) in [6, 6.07) is 4.59. The van der Waals surface area contributed by atoms with Crippen LogP contribution in [0.25, 0.3) is 0 Å². The highest BCUT2D eigenvalue weighted by atomic mass is 79.9. The lowest BCUT2D eigenvalue weighted by atomic mass is 10.2. The third-order valence-electron chi connectivity index (χ3n) is 1.94. The van der Waals surface area contributed by atoms with Crippen molar-refractivity contribution in [1.29, 1.82) is 0 Å². The van der Waals surface area contributed by atoms with E-state index in [-0.39, 0.29) is 5.82 Å². The zero-order chi connectivity index (χ0) is 10.6. The highest BCUT2D eigenvalue weighted by molar-refractivity contribution is 9.09. The summed E-state index contributed by atoms with van der Waals surface area (Å²) < 4.78 is 18.4. The van der Waals surface area contributed by atoms with Gasteiger partial charge in [-0.25, -0.2) is 4.39 Å². The van der Waals surface area contributed by atoms with Gasteiger partial charge in [0.2, 0.25) is 0 Å². The molecule has 1 aromatic rings. The fourth-order valence-corrected chi connectivity index (χ4v) is 1.19. The van der Waals surface area contributed by atoms with Gasteiger partial charge in [0.25, 0.3) is 0 Å². The number of alkyl halides is 1. The normalized spacial score (nSPS) is 12.6. The van der Waals surface area contributed by atoms with Crippen LogP contribution in [0, 0.1) is 18.7 Å². The van der Waals surface area contributed by atoms with E-state index in [1.165, 1.54) is 12.1 Å². The first kappa shape index (κ1) is 11.5. The van der Waals surface area contributed by atoms with Crippen LogP contribution in [0.5, 0.6) is 5.75 Å². The summed E-state index contributed by atoms with van der Waals surface area (Å²) in [4.78, 5) is 0. The maximum Gasteiger partial charge on any atom is 0.126 e.